The van der Waals surface area contributed by atoms with Crippen molar-refractivity contribution in [3.63, 3.8) is 0 Å². The number of anilines is 1. The fraction of sp³-hybridized carbons (Fsp3) is 0.500. The van der Waals surface area contributed by atoms with E-state index in [2.05, 4.69) is 0 Å². The summed E-state index contributed by atoms with van der Waals surface area (Å²) in [5.41, 5.74) is -0.135. The number of benzene rings is 1. The largest absolute Gasteiger partial charge is 0.508 e. The maximum atomic E-state index is 12.1. The number of phenolic OH excluding ortho intramolecular Hbond substituents is 2. The van der Waals surface area contributed by atoms with Crippen LogP contribution >= 0.6 is 0 Å². The van der Waals surface area contributed by atoms with Crippen LogP contribution in [0.1, 0.15) is 26.7 Å². The molecule has 0 saturated heterocycles. The number of hydrogen-bond acceptors (Lipinski definition) is 8. The van der Waals surface area contributed by atoms with Crippen molar-refractivity contribution in [2.24, 2.45) is 0 Å². The Labute approximate surface area is 143 Å². The molecule has 1 aliphatic carbocycles. The first-order chi connectivity index (χ1) is 11.6. The molecule has 0 spiro atoms. The average molecular weight is 355 g/mol. The molecule has 0 radical (unpaired) electrons. The molecule has 2 unspecified atom stereocenters. The van der Waals surface area contributed by atoms with Gasteiger partial charge in [-0.3, -0.25) is 9.59 Å². The average Bonchev–Trinajstić information content (AvgIpc) is 2.48. The summed E-state index contributed by atoms with van der Waals surface area (Å²) in [5.74, 6) is -2.49. The molecule has 1 fully saturated rings. The van der Waals surface area contributed by atoms with Gasteiger partial charge >= 0.3 is 5.97 Å². The van der Waals surface area contributed by atoms with Crippen molar-refractivity contribution in [1.82, 2.24) is 0 Å². The number of aliphatic hydroxyl groups excluding tert-OH is 3. The molecule has 2 rings (SSSR count). The predicted molar refractivity (Wildman–Crippen MR) is 85.3 cm³/mol. The summed E-state index contributed by atoms with van der Waals surface area (Å²) in [4.78, 5) is 24.3. The third kappa shape index (κ3) is 4.01. The summed E-state index contributed by atoms with van der Waals surface area (Å²) in [6.45, 7) is 2.32. The van der Waals surface area contributed by atoms with Crippen LogP contribution in [0.2, 0.25) is 0 Å². The first-order valence-corrected chi connectivity index (χ1v) is 7.70. The number of ether oxygens (including phenoxy) is 1. The Bertz CT molecular complexity index is 664. The number of rotatable bonds is 3. The van der Waals surface area contributed by atoms with Gasteiger partial charge in [-0.25, -0.2) is 0 Å². The Morgan fingerprint density at radius 1 is 1.08 bits per heavy atom. The number of hydrogen-bond donors (Lipinski definition) is 5. The van der Waals surface area contributed by atoms with Crippen molar-refractivity contribution in [3.05, 3.63) is 12.1 Å². The molecule has 1 amide bonds. The zero-order chi connectivity index (χ0) is 18.9. The second kappa shape index (κ2) is 7.26. The number of phenols is 2. The van der Waals surface area contributed by atoms with E-state index in [1.54, 1.807) is 0 Å². The lowest BCUT2D eigenvalue weighted by molar-refractivity contribution is -0.132. The van der Waals surface area contributed by atoms with Crippen molar-refractivity contribution in [2.45, 2.75) is 51.0 Å². The predicted octanol–water partition coefficient (Wildman–Crippen LogP) is -0.379. The van der Waals surface area contributed by atoms with Gasteiger partial charge in [0.25, 0.3) is 0 Å². The molecule has 1 aromatic rings. The van der Waals surface area contributed by atoms with Crippen molar-refractivity contribution < 1.29 is 39.9 Å². The fourth-order valence-electron chi connectivity index (χ4n) is 3.02. The van der Waals surface area contributed by atoms with Crippen LogP contribution in [0.5, 0.6) is 17.2 Å². The van der Waals surface area contributed by atoms with Gasteiger partial charge < -0.3 is 35.2 Å². The van der Waals surface area contributed by atoms with Crippen molar-refractivity contribution in [2.75, 3.05) is 4.90 Å². The van der Waals surface area contributed by atoms with E-state index in [0.717, 1.165) is 24.0 Å². The number of esters is 1. The Balaban J connectivity index is 2.46. The molecule has 0 bridgehead atoms. The van der Waals surface area contributed by atoms with Crippen molar-refractivity contribution in [1.29, 1.82) is 0 Å². The highest BCUT2D eigenvalue weighted by molar-refractivity contribution is 5.95. The summed E-state index contributed by atoms with van der Waals surface area (Å²) >= 11 is 0. The topological polar surface area (TPSA) is 148 Å². The minimum Gasteiger partial charge on any atom is -0.508 e. The van der Waals surface area contributed by atoms with E-state index in [1.807, 2.05) is 0 Å². The molecular formula is C16H21NO8. The lowest BCUT2D eigenvalue weighted by Crippen LogP contribution is -2.53. The minimum atomic E-state index is -1.33. The standard InChI is InChI=1S/C16H21NO8/c1-7(18)17(9-3-12(21)16(24)13(22)4-9)11-5-10(20)6-14(15(11)23)25-8(2)19/h5-6,9,12-13,16,20-24H,3-4H2,1-2H3. The molecule has 0 aliphatic heterocycles. The molecule has 1 saturated carbocycles. The van der Waals surface area contributed by atoms with Gasteiger partial charge in [-0.2, -0.15) is 0 Å². The van der Waals surface area contributed by atoms with Crippen molar-refractivity contribution >= 4 is 17.6 Å². The fourth-order valence-corrected chi connectivity index (χ4v) is 3.02. The monoisotopic (exact) mass is 355 g/mol. The molecule has 9 heteroatoms. The number of carbonyl (C=O) groups excluding carboxylic acids is 2. The maximum absolute atomic E-state index is 12.1. The van der Waals surface area contributed by atoms with Crippen LogP contribution in [0.15, 0.2) is 12.1 Å². The molecule has 0 heterocycles. The first kappa shape index (κ1) is 19.0. The van der Waals surface area contributed by atoms with E-state index in [4.69, 9.17) is 4.74 Å². The minimum absolute atomic E-state index is 0.0458. The van der Waals surface area contributed by atoms with Gasteiger partial charge in [-0.05, 0) is 12.8 Å². The second-order valence-electron chi connectivity index (χ2n) is 6.04. The number of aliphatic hydroxyl groups is 3. The molecule has 5 N–H and O–H groups in total. The Morgan fingerprint density at radius 2 is 1.64 bits per heavy atom. The Hall–Kier alpha value is -2.36. The quantitative estimate of drug-likeness (QED) is 0.280. The zero-order valence-corrected chi connectivity index (χ0v) is 13.8. The van der Waals surface area contributed by atoms with Crippen LogP contribution in [-0.4, -0.2) is 61.8 Å². The molecule has 9 nitrogen and oxygen atoms in total. The van der Waals surface area contributed by atoms with Crippen LogP contribution in [0.25, 0.3) is 0 Å². The Morgan fingerprint density at radius 3 is 2.12 bits per heavy atom. The van der Waals surface area contributed by atoms with Gasteiger partial charge in [0.2, 0.25) is 5.91 Å². The highest BCUT2D eigenvalue weighted by Gasteiger charge is 2.39. The maximum Gasteiger partial charge on any atom is 0.308 e. The van der Waals surface area contributed by atoms with Crippen LogP contribution < -0.4 is 9.64 Å². The van der Waals surface area contributed by atoms with E-state index in [0.29, 0.717) is 0 Å². The third-order valence-corrected chi connectivity index (χ3v) is 4.07. The zero-order valence-electron chi connectivity index (χ0n) is 13.8. The van der Waals surface area contributed by atoms with E-state index in [9.17, 15) is 35.1 Å². The molecule has 138 valence electrons. The number of aromatic hydroxyl groups is 2. The summed E-state index contributed by atoms with van der Waals surface area (Å²) in [6, 6.07) is 1.38. The van der Waals surface area contributed by atoms with E-state index in [1.165, 1.54) is 6.92 Å². The highest BCUT2D eigenvalue weighted by Crippen LogP contribution is 2.42. The summed E-state index contributed by atoms with van der Waals surface area (Å²) in [6.07, 6.45) is -3.95. The third-order valence-electron chi connectivity index (χ3n) is 4.07. The summed E-state index contributed by atoms with van der Waals surface area (Å²) in [5, 5.41) is 49.5. The lowest BCUT2D eigenvalue weighted by Gasteiger charge is -2.40. The SMILES string of the molecule is CC(=O)Oc1cc(O)cc(N(C(C)=O)C2CC(O)C(O)C(O)C2)c1O. The number of nitrogens with zero attached hydrogens (tertiary/aromatic N) is 1. The van der Waals surface area contributed by atoms with Gasteiger partial charge in [0.05, 0.1) is 17.9 Å². The Kier molecular flexibility index (Phi) is 5.51. The number of amides is 1. The highest BCUT2D eigenvalue weighted by atomic mass is 16.5. The molecule has 1 aliphatic rings. The molecule has 25 heavy (non-hydrogen) atoms. The van der Waals surface area contributed by atoms with Crippen LogP contribution in [0, 0.1) is 0 Å². The molecule has 2 atom stereocenters. The summed E-state index contributed by atoms with van der Waals surface area (Å²) in [7, 11) is 0. The second-order valence-corrected chi connectivity index (χ2v) is 6.04. The van der Waals surface area contributed by atoms with E-state index >= 15 is 0 Å². The van der Waals surface area contributed by atoms with Crippen LogP contribution in [0.3, 0.4) is 0 Å². The van der Waals surface area contributed by atoms with Gasteiger partial charge in [-0.15, -0.1) is 0 Å². The lowest BCUT2D eigenvalue weighted by atomic mass is 9.87. The van der Waals surface area contributed by atoms with Crippen LogP contribution in [-0.2, 0) is 9.59 Å². The molecule has 0 aromatic heterocycles. The smallest absolute Gasteiger partial charge is 0.308 e. The van der Waals surface area contributed by atoms with Gasteiger partial charge in [0.1, 0.15) is 11.9 Å². The van der Waals surface area contributed by atoms with Gasteiger partial charge in [0, 0.05) is 32.0 Å². The van der Waals surface area contributed by atoms with Gasteiger partial charge in [0.15, 0.2) is 11.5 Å². The van der Waals surface area contributed by atoms with E-state index < -0.39 is 42.0 Å². The van der Waals surface area contributed by atoms with Gasteiger partial charge in [-0.1, -0.05) is 0 Å². The van der Waals surface area contributed by atoms with Crippen molar-refractivity contribution in [3.8, 4) is 17.2 Å². The molecular weight excluding hydrogens is 334 g/mol. The summed E-state index contributed by atoms with van der Waals surface area (Å²) < 4.78 is 4.82. The number of carbonyl (C=O) groups is 2. The van der Waals surface area contributed by atoms with Crippen LogP contribution in [0.4, 0.5) is 5.69 Å². The van der Waals surface area contributed by atoms with E-state index in [-0.39, 0.29) is 30.0 Å². The molecule has 1 aromatic carbocycles. The normalized spacial score (nSPS) is 26.1. The first-order valence-electron chi connectivity index (χ1n) is 7.70.